The van der Waals surface area contributed by atoms with Crippen molar-refractivity contribution in [1.29, 1.82) is 0 Å². The summed E-state index contributed by atoms with van der Waals surface area (Å²) in [5, 5.41) is 0. The zero-order valence-electron chi connectivity index (χ0n) is 13.2. The van der Waals surface area contributed by atoms with Crippen molar-refractivity contribution in [2.24, 2.45) is 0 Å². The number of ether oxygens (including phenoxy) is 4. The number of hydrogen-bond acceptors (Lipinski definition) is 4. The van der Waals surface area contributed by atoms with Crippen LogP contribution in [-0.2, 0) is 18.9 Å². The second kappa shape index (κ2) is 12.9. The van der Waals surface area contributed by atoms with Crippen LogP contribution in [0.25, 0.3) is 0 Å². The number of hydrogen-bond donors (Lipinski definition) is 0. The van der Waals surface area contributed by atoms with Crippen molar-refractivity contribution in [3.63, 3.8) is 0 Å². The second-order valence-corrected chi connectivity index (χ2v) is 4.79. The monoisotopic (exact) mass is 276 g/mol. The van der Waals surface area contributed by atoms with E-state index in [1.165, 1.54) is 72.7 Å². The topological polar surface area (TPSA) is 36.9 Å². The van der Waals surface area contributed by atoms with E-state index in [0.717, 1.165) is 6.42 Å². The molecule has 0 aromatic heterocycles. The smallest absolute Gasteiger partial charge is 0.307 e. The van der Waals surface area contributed by atoms with Crippen LogP contribution in [0.15, 0.2) is 0 Å². The second-order valence-electron chi connectivity index (χ2n) is 4.79. The van der Waals surface area contributed by atoms with E-state index in [1.54, 1.807) is 0 Å². The fourth-order valence-corrected chi connectivity index (χ4v) is 2.04. The maximum atomic E-state index is 5.47. The van der Waals surface area contributed by atoms with E-state index in [1.807, 2.05) is 0 Å². The quantitative estimate of drug-likeness (QED) is 0.354. The lowest BCUT2D eigenvalue weighted by atomic mass is 10.1. The Morgan fingerprint density at radius 2 is 1.05 bits per heavy atom. The van der Waals surface area contributed by atoms with Gasteiger partial charge in [-0.1, -0.05) is 58.3 Å². The van der Waals surface area contributed by atoms with Crippen molar-refractivity contribution in [1.82, 2.24) is 0 Å². The molecule has 0 aliphatic heterocycles. The Labute approximate surface area is 118 Å². The van der Waals surface area contributed by atoms with Crippen LogP contribution in [0.4, 0.5) is 0 Å². The molecular formula is C15H32O4. The molecule has 0 atom stereocenters. The van der Waals surface area contributed by atoms with Crippen LogP contribution in [-0.4, -0.2) is 34.1 Å². The van der Waals surface area contributed by atoms with Crippen LogP contribution in [0.3, 0.4) is 0 Å². The molecular weight excluding hydrogens is 244 g/mol. The van der Waals surface area contributed by atoms with Gasteiger partial charge in [0.05, 0.1) is 6.61 Å². The molecule has 0 spiro atoms. The Bertz CT molecular complexity index is 173. The van der Waals surface area contributed by atoms with Crippen molar-refractivity contribution in [2.75, 3.05) is 27.9 Å². The molecule has 0 aromatic carbocycles. The van der Waals surface area contributed by atoms with Gasteiger partial charge in [0.15, 0.2) is 0 Å². The molecule has 0 aliphatic carbocycles. The van der Waals surface area contributed by atoms with Gasteiger partial charge in [0, 0.05) is 21.3 Å². The molecule has 4 nitrogen and oxygen atoms in total. The van der Waals surface area contributed by atoms with E-state index in [0.29, 0.717) is 6.61 Å². The molecule has 0 fully saturated rings. The van der Waals surface area contributed by atoms with Crippen LogP contribution in [0.1, 0.15) is 64.7 Å². The van der Waals surface area contributed by atoms with Gasteiger partial charge >= 0.3 is 6.16 Å². The lowest BCUT2D eigenvalue weighted by Gasteiger charge is -2.27. The molecule has 0 unspecified atom stereocenters. The van der Waals surface area contributed by atoms with E-state index < -0.39 is 6.16 Å². The molecule has 0 N–H and O–H groups in total. The van der Waals surface area contributed by atoms with Crippen molar-refractivity contribution in [3.05, 3.63) is 0 Å². The molecule has 0 bridgehead atoms. The third kappa shape index (κ3) is 9.38. The van der Waals surface area contributed by atoms with E-state index in [4.69, 9.17) is 18.9 Å². The van der Waals surface area contributed by atoms with E-state index in [2.05, 4.69) is 6.92 Å². The SMILES string of the molecule is CCCCCCCCCCCOC(OC)(OC)OC. The highest BCUT2D eigenvalue weighted by molar-refractivity contribution is 4.47. The first-order valence-corrected chi connectivity index (χ1v) is 7.54. The highest BCUT2D eigenvalue weighted by Gasteiger charge is 2.30. The first kappa shape index (κ1) is 18.8. The molecule has 0 radical (unpaired) electrons. The van der Waals surface area contributed by atoms with E-state index in [-0.39, 0.29) is 0 Å². The zero-order valence-corrected chi connectivity index (χ0v) is 13.2. The summed E-state index contributed by atoms with van der Waals surface area (Å²) in [7, 11) is 4.51. The van der Waals surface area contributed by atoms with Crippen LogP contribution in [0.5, 0.6) is 0 Å². The summed E-state index contributed by atoms with van der Waals surface area (Å²) < 4.78 is 20.6. The van der Waals surface area contributed by atoms with Gasteiger partial charge in [-0.25, -0.2) is 0 Å². The minimum absolute atomic E-state index is 0.589. The molecule has 0 saturated carbocycles. The summed E-state index contributed by atoms with van der Waals surface area (Å²) in [5.74, 6) is 0. The fraction of sp³-hybridized carbons (Fsp3) is 1.00. The average Bonchev–Trinajstić information content (AvgIpc) is 2.46. The molecule has 0 rings (SSSR count). The third-order valence-electron chi connectivity index (χ3n) is 3.28. The Morgan fingerprint density at radius 3 is 1.47 bits per heavy atom. The van der Waals surface area contributed by atoms with E-state index >= 15 is 0 Å². The van der Waals surface area contributed by atoms with Crippen molar-refractivity contribution < 1.29 is 18.9 Å². The van der Waals surface area contributed by atoms with Gasteiger partial charge in [0.1, 0.15) is 0 Å². The van der Waals surface area contributed by atoms with Gasteiger partial charge in [-0.3, -0.25) is 0 Å². The van der Waals surface area contributed by atoms with Gasteiger partial charge in [0.2, 0.25) is 0 Å². The Hall–Kier alpha value is -0.160. The number of unbranched alkanes of at least 4 members (excludes halogenated alkanes) is 8. The van der Waals surface area contributed by atoms with Gasteiger partial charge in [-0.2, -0.15) is 0 Å². The summed E-state index contributed by atoms with van der Waals surface area (Å²) in [6.45, 7) is 2.84. The maximum Gasteiger partial charge on any atom is 0.411 e. The van der Waals surface area contributed by atoms with Crippen LogP contribution < -0.4 is 0 Å². The molecule has 19 heavy (non-hydrogen) atoms. The molecule has 4 heteroatoms. The van der Waals surface area contributed by atoms with Crippen LogP contribution in [0.2, 0.25) is 0 Å². The Kier molecular flexibility index (Phi) is 12.7. The van der Waals surface area contributed by atoms with Crippen molar-refractivity contribution >= 4 is 0 Å². The summed E-state index contributed by atoms with van der Waals surface area (Å²) in [4.78, 5) is 0. The Balaban J connectivity index is 3.35. The number of methoxy groups -OCH3 is 3. The highest BCUT2D eigenvalue weighted by Crippen LogP contribution is 2.15. The van der Waals surface area contributed by atoms with Crippen molar-refractivity contribution in [3.8, 4) is 0 Å². The summed E-state index contributed by atoms with van der Waals surface area (Å²) in [6.07, 6.45) is 10.3. The molecule has 116 valence electrons. The minimum Gasteiger partial charge on any atom is -0.307 e. The molecule has 0 saturated heterocycles. The fourth-order valence-electron chi connectivity index (χ4n) is 2.04. The molecule has 0 aliphatic rings. The van der Waals surface area contributed by atoms with Gasteiger partial charge in [0.25, 0.3) is 0 Å². The van der Waals surface area contributed by atoms with Crippen LogP contribution >= 0.6 is 0 Å². The lowest BCUT2D eigenvalue weighted by Crippen LogP contribution is -2.39. The standard InChI is InChI=1S/C15H32O4/c1-5-6-7-8-9-10-11-12-13-14-19-15(16-2,17-3)18-4/h5-14H2,1-4H3. The average molecular weight is 276 g/mol. The van der Waals surface area contributed by atoms with E-state index in [9.17, 15) is 0 Å². The molecule has 0 heterocycles. The minimum atomic E-state index is -1.33. The first-order chi connectivity index (χ1) is 9.24. The predicted octanol–water partition coefficient (Wildman–Crippen LogP) is 4.08. The lowest BCUT2D eigenvalue weighted by molar-refractivity contribution is -0.479. The van der Waals surface area contributed by atoms with Gasteiger partial charge < -0.3 is 18.9 Å². The largest absolute Gasteiger partial charge is 0.411 e. The summed E-state index contributed by atoms with van der Waals surface area (Å²) in [5.41, 5.74) is 0. The maximum absolute atomic E-state index is 5.47. The summed E-state index contributed by atoms with van der Waals surface area (Å²) in [6, 6.07) is 0. The predicted molar refractivity (Wildman–Crippen MR) is 76.9 cm³/mol. The van der Waals surface area contributed by atoms with Crippen LogP contribution in [0, 0.1) is 0 Å². The molecule has 0 aromatic rings. The van der Waals surface area contributed by atoms with Crippen molar-refractivity contribution in [2.45, 2.75) is 70.9 Å². The van der Waals surface area contributed by atoms with Gasteiger partial charge in [-0.15, -0.1) is 0 Å². The molecule has 0 amide bonds. The normalized spacial score (nSPS) is 12.0. The van der Waals surface area contributed by atoms with Gasteiger partial charge in [-0.05, 0) is 6.42 Å². The number of rotatable bonds is 14. The Morgan fingerprint density at radius 1 is 0.632 bits per heavy atom. The summed E-state index contributed by atoms with van der Waals surface area (Å²) >= 11 is 0. The first-order valence-electron chi connectivity index (χ1n) is 7.54. The third-order valence-corrected chi connectivity index (χ3v) is 3.28. The zero-order chi connectivity index (χ0) is 14.4. The highest BCUT2D eigenvalue weighted by atomic mass is 17.0.